The van der Waals surface area contributed by atoms with Gasteiger partial charge in [0.15, 0.2) is 16.6 Å². The number of fused-ring (bicyclic) bond motifs is 1. The minimum absolute atomic E-state index is 0.0283. The zero-order valence-electron chi connectivity index (χ0n) is 22.1. The molecule has 1 saturated heterocycles. The van der Waals surface area contributed by atoms with Gasteiger partial charge in [0.25, 0.3) is 5.92 Å². The van der Waals surface area contributed by atoms with E-state index in [1.807, 2.05) is 6.92 Å². The van der Waals surface area contributed by atoms with E-state index in [0.717, 1.165) is 10.6 Å². The van der Waals surface area contributed by atoms with E-state index in [1.54, 1.807) is 43.6 Å². The maximum absolute atomic E-state index is 14.7. The van der Waals surface area contributed by atoms with Gasteiger partial charge in [-0.2, -0.15) is 4.98 Å². The average Bonchev–Trinajstić information content (AvgIpc) is 3.47. The fourth-order valence-corrected chi connectivity index (χ4v) is 5.03. The van der Waals surface area contributed by atoms with E-state index in [1.165, 1.54) is 6.20 Å². The van der Waals surface area contributed by atoms with E-state index in [9.17, 15) is 22.8 Å². The second-order valence-corrected chi connectivity index (χ2v) is 11.4. The normalized spacial score (nSPS) is 20.8. The van der Waals surface area contributed by atoms with Crippen molar-refractivity contribution >= 4 is 34.5 Å². The van der Waals surface area contributed by atoms with Crippen LogP contribution in [-0.2, 0) is 4.74 Å². The van der Waals surface area contributed by atoms with E-state index < -0.39 is 46.6 Å². The first-order valence-electron chi connectivity index (χ1n) is 12.5. The van der Waals surface area contributed by atoms with Crippen LogP contribution in [0.2, 0.25) is 5.15 Å². The Balaban J connectivity index is 1.62. The van der Waals surface area contributed by atoms with E-state index in [4.69, 9.17) is 16.3 Å². The van der Waals surface area contributed by atoms with Gasteiger partial charge in [-0.3, -0.25) is 4.98 Å². The number of ether oxygens (including phenoxy) is 1. The number of halogens is 4. The van der Waals surface area contributed by atoms with Crippen LogP contribution in [0.1, 0.15) is 51.3 Å². The van der Waals surface area contributed by atoms with Gasteiger partial charge >= 0.3 is 11.8 Å². The summed E-state index contributed by atoms with van der Waals surface area (Å²) >= 11 is 6.04. The first kappa shape index (κ1) is 27.2. The van der Waals surface area contributed by atoms with Crippen molar-refractivity contribution in [1.82, 2.24) is 24.4 Å². The quantitative estimate of drug-likeness (QED) is 0.420. The summed E-state index contributed by atoms with van der Waals surface area (Å²) in [5.74, 6) is -4.77. The summed E-state index contributed by atoms with van der Waals surface area (Å²) < 4.78 is 49.5. The molecule has 1 aliphatic carbocycles. The molecule has 5 rings (SSSR count). The molecule has 1 aliphatic heterocycles. The molecule has 0 radical (unpaired) electrons. The Morgan fingerprint density at radius 3 is 2.54 bits per heavy atom. The summed E-state index contributed by atoms with van der Waals surface area (Å²) in [7, 11) is 0. The fourth-order valence-electron chi connectivity index (χ4n) is 4.90. The smallest absolute Gasteiger partial charge is 0.410 e. The number of hydrogen-bond donors (Lipinski definition) is 0. The molecule has 208 valence electrons. The maximum Gasteiger partial charge on any atom is 0.410 e. The van der Waals surface area contributed by atoms with Crippen molar-refractivity contribution in [2.45, 2.75) is 64.5 Å². The number of aromatic nitrogens is 4. The first-order chi connectivity index (χ1) is 18.2. The Hall–Kier alpha value is -3.41. The molecule has 1 saturated carbocycles. The van der Waals surface area contributed by atoms with Gasteiger partial charge in [0.2, 0.25) is 0 Å². The third-order valence-electron chi connectivity index (χ3n) is 6.84. The Kier molecular flexibility index (Phi) is 6.52. The van der Waals surface area contributed by atoms with Crippen molar-refractivity contribution in [2.75, 3.05) is 24.5 Å². The van der Waals surface area contributed by atoms with Crippen LogP contribution in [0.25, 0.3) is 16.7 Å². The van der Waals surface area contributed by atoms with Gasteiger partial charge in [0.1, 0.15) is 11.4 Å². The molecule has 0 spiro atoms. The molecular weight excluding hydrogens is 537 g/mol. The zero-order chi connectivity index (χ0) is 28.4. The maximum atomic E-state index is 14.7. The van der Waals surface area contributed by atoms with Crippen LogP contribution in [0.15, 0.2) is 23.1 Å². The van der Waals surface area contributed by atoms with Crippen molar-refractivity contribution in [3.63, 3.8) is 0 Å². The van der Waals surface area contributed by atoms with Crippen LogP contribution in [0, 0.1) is 12.7 Å². The minimum atomic E-state index is -2.94. The molecule has 39 heavy (non-hydrogen) atoms. The van der Waals surface area contributed by atoms with Crippen molar-refractivity contribution in [2.24, 2.45) is 0 Å². The lowest BCUT2D eigenvalue weighted by Crippen LogP contribution is -2.55. The summed E-state index contributed by atoms with van der Waals surface area (Å²) in [4.78, 5) is 42.2. The number of carbonyl (C=O) groups excluding carboxylic acids is 1. The van der Waals surface area contributed by atoms with Crippen LogP contribution < -0.4 is 10.6 Å². The lowest BCUT2D eigenvalue weighted by molar-refractivity contribution is 0.0218. The summed E-state index contributed by atoms with van der Waals surface area (Å²) in [6.07, 6.45) is 0.554. The van der Waals surface area contributed by atoms with E-state index in [2.05, 4.69) is 15.0 Å². The van der Waals surface area contributed by atoms with Crippen LogP contribution in [-0.4, -0.2) is 67.7 Å². The van der Waals surface area contributed by atoms with Gasteiger partial charge in [-0.25, -0.2) is 32.3 Å². The molecular formula is C26H28ClF3N6O3. The summed E-state index contributed by atoms with van der Waals surface area (Å²) in [5, 5.41) is -0.304. The average molecular weight is 565 g/mol. The van der Waals surface area contributed by atoms with E-state index in [0.29, 0.717) is 5.56 Å². The van der Waals surface area contributed by atoms with Crippen molar-refractivity contribution in [3.05, 3.63) is 51.0 Å². The Morgan fingerprint density at radius 2 is 1.92 bits per heavy atom. The summed E-state index contributed by atoms with van der Waals surface area (Å²) in [6.45, 7) is 9.67. The number of nitrogens with zero attached hydrogens (tertiary/aromatic N) is 6. The fraction of sp³-hybridized carbons (Fsp3) is 0.500. The molecule has 0 aromatic carbocycles. The number of hydrogen-bond acceptors (Lipinski definition) is 7. The number of amides is 1. The van der Waals surface area contributed by atoms with Crippen LogP contribution in [0.3, 0.4) is 0 Å². The summed E-state index contributed by atoms with van der Waals surface area (Å²) in [5.41, 5.74) is -0.806. The van der Waals surface area contributed by atoms with Crippen LogP contribution in [0.5, 0.6) is 0 Å². The second-order valence-electron chi connectivity index (χ2n) is 11.0. The highest BCUT2D eigenvalue weighted by Crippen LogP contribution is 2.56. The molecule has 9 nitrogen and oxygen atoms in total. The molecule has 2 aliphatic rings. The van der Waals surface area contributed by atoms with Gasteiger partial charge in [-0.1, -0.05) is 11.6 Å². The largest absolute Gasteiger partial charge is 0.444 e. The van der Waals surface area contributed by atoms with Gasteiger partial charge in [-0.15, -0.1) is 0 Å². The second kappa shape index (κ2) is 9.35. The third-order valence-corrected chi connectivity index (χ3v) is 7.11. The molecule has 3 aromatic heterocycles. The molecule has 1 amide bonds. The first-order valence-corrected chi connectivity index (χ1v) is 12.9. The molecule has 2 fully saturated rings. The Morgan fingerprint density at radius 1 is 1.23 bits per heavy atom. The number of piperazine rings is 1. The number of aryl methyl sites for hydroxylation is 1. The number of rotatable bonds is 3. The molecule has 0 N–H and O–H groups in total. The summed E-state index contributed by atoms with van der Waals surface area (Å²) in [6, 6.07) is 2.40. The monoisotopic (exact) mass is 564 g/mol. The van der Waals surface area contributed by atoms with Crippen molar-refractivity contribution in [3.8, 4) is 5.69 Å². The molecule has 0 bridgehead atoms. The number of alkyl halides is 2. The Bertz CT molecular complexity index is 1540. The Labute approximate surface area is 227 Å². The van der Waals surface area contributed by atoms with E-state index >= 15 is 0 Å². The number of anilines is 1. The lowest BCUT2D eigenvalue weighted by atomic mass is 10.1. The number of carbonyl (C=O) groups is 1. The molecule has 13 heteroatoms. The predicted molar refractivity (Wildman–Crippen MR) is 140 cm³/mol. The highest BCUT2D eigenvalue weighted by Gasteiger charge is 2.59. The number of pyridine rings is 2. The van der Waals surface area contributed by atoms with Gasteiger partial charge in [0.05, 0.1) is 22.7 Å². The van der Waals surface area contributed by atoms with Gasteiger partial charge in [0, 0.05) is 38.3 Å². The lowest BCUT2D eigenvalue weighted by Gasteiger charge is -2.41. The highest BCUT2D eigenvalue weighted by atomic mass is 35.5. The van der Waals surface area contributed by atoms with E-state index in [-0.39, 0.29) is 53.9 Å². The molecule has 1 unspecified atom stereocenters. The van der Waals surface area contributed by atoms with Gasteiger partial charge in [-0.05, 0) is 52.3 Å². The topological polar surface area (TPSA) is 93.5 Å². The predicted octanol–water partition coefficient (Wildman–Crippen LogP) is 4.84. The van der Waals surface area contributed by atoms with Crippen molar-refractivity contribution < 1.29 is 22.7 Å². The standard InChI is InChI=1S/C26H28ClF3N6O3/c1-13-6-7-31-18(16-11-26(16,29)30)19(13)36-22-15(10-17(28)20(27)32-22)21(33-23(36)37)35-9-8-34(12-14(35)2)24(38)39-25(3,4)5/h6-7,10,14,16H,8-9,11-12H2,1-5H3/t14-,16?/m0/s1. The zero-order valence-corrected chi connectivity index (χ0v) is 22.9. The minimum Gasteiger partial charge on any atom is -0.444 e. The molecule has 3 aromatic rings. The van der Waals surface area contributed by atoms with Crippen molar-refractivity contribution in [1.29, 1.82) is 0 Å². The molecule has 4 heterocycles. The SMILES string of the molecule is Cc1ccnc(C2CC2(F)F)c1-n1c(=O)nc(N2CCN(C(=O)OC(C)(C)C)C[C@@H]2C)c2cc(F)c(Cl)nc21. The van der Waals surface area contributed by atoms with Gasteiger partial charge < -0.3 is 14.5 Å². The van der Waals surface area contributed by atoms with Crippen LogP contribution >= 0.6 is 11.6 Å². The highest BCUT2D eigenvalue weighted by molar-refractivity contribution is 6.30. The third kappa shape index (κ3) is 5.02. The molecule has 2 atom stereocenters. The van der Waals surface area contributed by atoms with Crippen LogP contribution in [0.4, 0.5) is 23.8 Å².